The number of fused-ring (bicyclic) bond motifs is 5. The number of esters is 1. The molecule has 0 aromatic carbocycles. The van der Waals surface area contributed by atoms with E-state index in [1.165, 1.54) is 38.5 Å². The Balaban J connectivity index is 1.53. The van der Waals surface area contributed by atoms with Gasteiger partial charge in [-0.05, 0) is 91.3 Å². The van der Waals surface area contributed by atoms with Crippen molar-refractivity contribution in [1.82, 2.24) is 0 Å². The van der Waals surface area contributed by atoms with Gasteiger partial charge in [0.2, 0.25) is 0 Å². The summed E-state index contributed by atoms with van der Waals surface area (Å²) in [6.45, 7) is 13.8. The standard InChI is InChI=1S/C28H44O2/c1-18(2)7-8-19(3)24-11-12-25-23-10-9-21-17-22(30-20(4)29)13-15-27(21,5)26(23)14-16-28(24,25)6/h7-9,18-19,22-26H,10-17H2,1-6H3/t19-,22+,23+,24-,25+,26+,27+,28-/m1/s1. The van der Waals surface area contributed by atoms with E-state index in [0.717, 1.165) is 36.5 Å². The largest absolute Gasteiger partial charge is 0.462 e. The molecule has 8 atom stereocenters. The molecule has 0 spiro atoms. The van der Waals surface area contributed by atoms with Crippen molar-refractivity contribution in [2.75, 3.05) is 0 Å². The van der Waals surface area contributed by atoms with Crippen molar-refractivity contribution < 1.29 is 9.53 Å². The van der Waals surface area contributed by atoms with Crippen LogP contribution in [0, 0.1) is 46.3 Å². The fourth-order valence-corrected chi connectivity index (χ4v) is 8.40. The molecule has 4 rings (SSSR count). The number of rotatable bonds is 4. The third-order valence-electron chi connectivity index (χ3n) is 9.90. The molecular weight excluding hydrogens is 368 g/mol. The first-order chi connectivity index (χ1) is 14.1. The van der Waals surface area contributed by atoms with Crippen molar-refractivity contribution in [2.24, 2.45) is 46.3 Å². The molecule has 0 N–H and O–H groups in total. The highest BCUT2D eigenvalue weighted by molar-refractivity contribution is 5.66. The van der Waals surface area contributed by atoms with Crippen LogP contribution in [0.5, 0.6) is 0 Å². The van der Waals surface area contributed by atoms with Crippen LogP contribution < -0.4 is 0 Å². The summed E-state index contributed by atoms with van der Waals surface area (Å²) >= 11 is 0. The summed E-state index contributed by atoms with van der Waals surface area (Å²) in [5.74, 6) is 4.64. The molecule has 0 saturated heterocycles. The lowest BCUT2D eigenvalue weighted by Crippen LogP contribution is -2.51. The second-order valence-electron chi connectivity index (χ2n) is 11.9. The Morgan fingerprint density at radius 2 is 1.83 bits per heavy atom. The van der Waals surface area contributed by atoms with Gasteiger partial charge in [-0.25, -0.2) is 0 Å². The van der Waals surface area contributed by atoms with E-state index in [-0.39, 0.29) is 12.1 Å². The molecule has 30 heavy (non-hydrogen) atoms. The topological polar surface area (TPSA) is 26.3 Å². The van der Waals surface area contributed by atoms with Gasteiger partial charge in [-0.1, -0.05) is 58.4 Å². The van der Waals surface area contributed by atoms with Crippen LogP contribution in [0.1, 0.15) is 92.9 Å². The number of allylic oxidation sites excluding steroid dienone is 3. The molecule has 0 aromatic rings. The average Bonchev–Trinajstić information content (AvgIpc) is 3.03. The molecule has 168 valence electrons. The number of carbonyl (C=O) groups is 1. The van der Waals surface area contributed by atoms with Crippen LogP contribution in [0.3, 0.4) is 0 Å². The first kappa shape index (κ1) is 22.2. The van der Waals surface area contributed by atoms with Crippen LogP contribution >= 0.6 is 0 Å². The fraction of sp³-hybridized carbons (Fsp3) is 0.821. The van der Waals surface area contributed by atoms with Crippen LogP contribution in [-0.2, 0) is 9.53 Å². The lowest BCUT2D eigenvalue weighted by atomic mass is 9.47. The molecule has 4 aliphatic carbocycles. The van der Waals surface area contributed by atoms with E-state index in [1.54, 1.807) is 12.5 Å². The van der Waals surface area contributed by atoms with E-state index in [4.69, 9.17) is 4.74 Å². The van der Waals surface area contributed by atoms with E-state index >= 15 is 0 Å². The maximum atomic E-state index is 11.5. The molecule has 0 aromatic heterocycles. The fourth-order valence-electron chi connectivity index (χ4n) is 8.40. The zero-order valence-electron chi connectivity index (χ0n) is 20.2. The Morgan fingerprint density at radius 1 is 1.07 bits per heavy atom. The number of hydrogen-bond donors (Lipinski definition) is 0. The van der Waals surface area contributed by atoms with Crippen molar-refractivity contribution in [3.05, 3.63) is 23.8 Å². The van der Waals surface area contributed by atoms with Crippen molar-refractivity contribution in [3.8, 4) is 0 Å². The van der Waals surface area contributed by atoms with Gasteiger partial charge in [-0.3, -0.25) is 4.79 Å². The second kappa shape index (κ2) is 8.14. The van der Waals surface area contributed by atoms with Gasteiger partial charge in [0.1, 0.15) is 6.10 Å². The number of ether oxygens (including phenoxy) is 1. The van der Waals surface area contributed by atoms with Gasteiger partial charge in [0.05, 0.1) is 0 Å². The summed E-state index contributed by atoms with van der Waals surface area (Å²) in [7, 11) is 0. The third kappa shape index (κ3) is 3.71. The van der Waals surface area contributed by atoms with Gasteiger partial charge in [-0.15, -0.1) is 0 Å². The first-order valence-corrected chi connectivity index (χ1v) is 12.7. The summed E-state index contributed by atoms with van der Waals surface area (Å²) < 4.78 is 5.60. The minimum atomic E-state index is -0.121. The van der Waals surface area contributed by atoms with Gasteiger partial charge in [0, 0.05) is 13.3 Å². The highest BCUT2D eigenvalue weighted by Gasteiger charge is 2.59. The molecule has 3 fully saturated rings. The maximum Gasteiger partial charge on any atom is 0.302 e. The Bertz CT molecular complexity index is 718. The molecule has 2 heteroatoms. The molecule has 2 nitrogen and oxygen atoms in total. The summed E-state index contributed by atoms with van der Waals surface area (Å²) in [4.78, 5) is 11.5. The van der Waals surface area contributed by atoms with Crippen molar-refractivity contribution in [3.63, 3.8) is 0 Å². The lowest BCUT2D eigenvalue weighted by molar-refractivity contribution is -0.148. The molecule has 0 unspecified atom stereocenters. The molecular formula is C28H44O2. The summed E-state index contributed by atoms with van der Waals surface area (Å²) in [6.07, 6.45) is 17.7. The van der Waals surface area contributed by atoms with E-state index in [1.807, 2.05) is 0 Å². The van der Waals surface area contributed by atoms with Gasteiger partial charge in [0.15, 0.2) is 0 Å². The van der Waals surface area contributed by atoms with Crippen molar-refractivity contribution in [2.45, 2.75) is 99.0 Å². The van der Waals surface area contributed by atoms with E-state index < -0.39 is 0 Å². The molecule has 0 aliphatic heterocycles. The highest BCUT2D eigenvalue weighted by atomic mass is 16.5. The molecule has 0 bridgehead atoms. The Morgan fingerprint density at radius 3 is 2.53 bits per heavy atom. The quantitative estimate of drug-likeness (QED) is 0.356. The van der Waals surface area contributed by atoms with Crippen LogP contribution in [-0.4, -0.2) is 12.1 Å². The minimum Gasteiger partial charge on any atom is -0.462 e. The van der Waals surface area contributed by atoms with E-state index in [9.17, 15) is 4.79 Å². The molecule has 0 amide bonds. The summed E-state index contributed by atoms with van der Waals surface area (Å²) in [6, 6.07) is 0. The maximum absolute atomic E-state index is 11.5. The van der Waals surface area contributed by atoms with Gasteiger partial charge in [0.25, 0.3) is 0 Å². The second-order valence-corrected chi connectivity index (χ2v) is 11.9. The van der Waals surface area contributed by atoms with Crippen LogP contribution in [0.4, 0.5) is 0 Å². The first-order valence-electron chi connectivity index (χ1n) is 12.7. The smallest absolute Gasteiger partial charge is 0.302 e. The van der Waals surface area contributed by atoms with E-state index in [2.05, 4.69) is 52.8 Å². The molecule has 3 saturated carbocycles. The van der Waals surface area contributed by atoms with E-state index in [0.29, 0.717) is 22.7 Å². The zero-order valence-corrected chi connectivity index (χ0v) is 20.2. The average molecular weight is 413 g/mol. The SMILES string of the molecule is CC(=O)O[C@H]1CC[C@@]2(C)C(=CC[C@H]3[C@@H]4CC[C@H]([C@H](C)C=CC(C)C)[C@@]4(C)CC[C@@H]32)C1. The van der Waals surface area contributed by atoms with Crippen LogP contribution in [0.25, 0.3) is 0 Å². The van der Waals surface area contributed by atoms with Crippen LogP contribution in [0.15, 0.2) is 23.8 Å². The minimum absolute atomic E-state index is 0.108. The molecule has 0 radical (unpaired) electrons. The Labute approximate surface area is 184 Å². The van der Waals surface area contributed by atoms with Gasteiger partial charge < -0.3 is 4.74 Å². The number of carbonyl (C=O) groups excluding carboxylic acids is 1. The Kier molecular flexibility index (Phi) is 6.01. The summed E-state index contributed by atoms with van der Waals surface area (Å²) in [5, 5.41) is 0. The predicted molar refractivity (Wildman–Crippen MR) is 124 cm³/mol. The predicted octanol–water partition coefficient (Wildman–Crippen LogP) is 7.35. The van der Waals surface area contributed by atoms with Crippen molar-refractivity contribution in [1.29, 1.82) is 0 Å². The molecule has 4 aliphatic rings. The lowest BCUT2D eigenvalue weighted by Gasteiger charge is -2.58. The molecule has 0 heterocycles. The Hall–Kier alpha value is -1.05. The summed E-state index contributed by atoms with van der Waals surface area (Å²) in [5.41, 5.74) is 2.45. The monoisotopic (exact) mass is 412 g/mol. The van der Waals surface area contributed by atoms with Crippen LogP contribution in [0.2, 0.25) is 0 Å². The number of hydrogen-bond acceptors (Lipinski definition) is 2. The normalized spacial score (nSPS) is 44.2. The van der Waals surface area contributed by atoms with Gasteiger partial charge >= 0.3 is 5.97 Å². The third-order valence-corrected chi connectivity index (χ3v) is 9.90. The zero-order chi connectivity index (χ0) is 21.7. The highest BCUT2D eigenvalue weighted by Crippen LogP contribution is 2.67. The van der Waals surface area contributed by atoms with Crippen molar-refractivity contribution >= 4 is 5.97 Å². The van der Waals surface area contributed by atoms with Gasteiger partial charge in [-0.2, -0.15) is 0 Å².